The van der Waals surface area contributed by atoms with Gasteiger partial charge in [0.05, 0.1) is 6.54 Å². The second kappa shape index (κ2) is 7.79. The molecule has 1 saturated heterocycles. The highest BCUT2D eigenvalue weighted by Gasteiger charge is 2.48. The van der Waals surface area contributed by atoms with E-state index in [4.69, 9.17) is 4.74 Å². The number of rotatable bonds is 7. The number of para-hydroxylation sites is 1. The molecule has 0 aromatic heterocycles. The number of urea groups is 1. The van der Waals surface area contributed by atoms with E-state index >= 15 is 0 Å². The Morgan fingerprint density at radius 1 is 1.11 bits per heavy atom. The maximum atomic E-state index is 13.6. The molecule has 6 nitrogen and oxygen atoms in total. The van der Waals surface area contributed by atoms with E-state index in [1.807, 2.05) is 0 Å². The first-order valence-electron chi connectivity index (χ1n) is 8.38. The van der Waals surface area contributed by atoms with Gasteiger partial charge in [-0.1, -0.05) is 24.3 Å². The lowest BCUT2D eigenvalue weighted by molar-refractivity contribution is -0.131. The normalized spacial score (nSPS) is 19.1. The number of alkyl halides is 2. The predicted octanol–water partition coefficient (Wildman–Crippen LogP) is 3.27. The molecule has 2 aromatic rings. The number of imide groups is 1. The zero-order valence-corrected chi connectivity index (χ0v) is 14.8. The van der Waals surface area contributed by atoms with Gasteiger partial charge in [0.15, 0.2) is 11.6 Å². The first-order valence-corrected chi connectivity index (χ1v) is 8.38. The number of hydrogen-bond acceptors (Lipinski definition) is 4. The molecule has 2 aromatic carbocycles. The van der Waals surface area contributed by atoms with Gasteiger partial charge in [-0.15, -0.1) is 0 Å². The molecule has 148 valence electrons. The lowest BCUT2D eigenvalue weighted by Crippen LogP contribution is -2.41. The summed E-state index contributed by atoms with van der Waals surface area (Å²) >= 11 is 0. The lowest BCUT2D eigenvalue weighted by Gasteiger charge is -2.22. The second-order valence-electron chi connectivity index (χ2n) is 6.19. The standard InChI is InChI=1S/C19H17F3N2O4/c1-19(12-6-8-13(9-7-12)28-17(21)22)16(25)24(18(26)23-19)10-11-27-15-5-3-2-4-14(15)20/h2-9,17H,10-11H2,1H3,(H,23,26). The SMILES string of the molecule is CC1(c2ccc(OC(F)F)cc2)NC(=O)N(CCOc2ccccc2F)C1=O. The van der Waals surface area contributed by atoms with Crippen molar-refractivity contribution in [2.75, 3.05) is 13.2 Å². The van der Waals surface area contributed by atoms with Crippen molar-refractivity contribution in [1.29, 1.82) is 0 Å². The van der Waals surface area contributed by atoms with Crippen LogP contribution in [0.5, 0.6) is 11.5 Å². The summed E-state index contributed by atoms with van der Waals surface area (Å²) in [6, 6.07) is 10.6. The van der Waals surface area contributed by atoms with Crippen molar-refractivity contribution in [1.82, 2.24) is 10.2 Å². The summed E-state index contributed by atoms with van der Waals surface area (Å²) in [7, 11) is 0. The van der Waals surface area contributed by atoms with E-state index in [1.54, 1.807) is 6.07 Å². The van der Waals surface area contributed by atoms with Gasteiger partial charge in [-0.05, 0) is 36.8 Å². The van der Waals surface area contributed by atoms with Crippen LogP contribution in [0.1, 0.15) is 12.5 Å². The Morgan fingerprint density at radius 2 is 1.79 bits per heavy atom. The van der Waals surface area contributed by atoms with Gasteiger partial charge < -0.3 is 14.8 Å². The highest BCUT2D eigenvalue weighted by molar-refractivity contribution is 6.07. The summed E-state index contributed by atoms with van der Waals surface area (Å²) in [5, 5.41) is 2.59. The number of carbonyl (C=O) groups is 2. The summed E-state index contributed by atoms with van der Waals surface area (Å²) in [6.07, 6.45) is 0. The number of carbonyl (C=O) groups excluding carboxylic acids is 2. The van der Waals surface area contributed by atoms with Gasteiger partial charge in [-0.2, -0.15) is 8.78 Å². The van der Waals surface area contributed by atoms with Crippen molar-refractivity contribution >= 4 is 11.9 Å². The van der Waals surface area contributed by atoms with Crippen LogP contribution in [0.3, 0.4) is 0 Å². The molecule has 1 N–H and O–H groups in total. The van der Waals surface area contributed by atoms with Crippen LogP contribution in [0.25, 0.3) is 0 Å². The molecule has 3 amide bonds. The van der Waals surface area contributed by atoms with Gasteiger partial charge in [0.2, 0.25) is 0 Å². The zero-order chi connectivity index (χ0) is 20.3. The maximum absolute atomic E-state index is 13.6. The van der Waals surface area contributed by atoms with E-state index in [0.29, 0.717) is 5.56 Å². The molecule has 28 heavy (non-hydrogen) atoms. The van der Waals surface area contributed by atoms with Crippen LogP contribution in [0.4, 0.5) is 18.0 Å². The number of amides is 3. The highest BCUT2D eigenvalue weighted by Crippen LogP contribution is 2.30. The monoisotopic (exact) mass is 394 g/mol. The zero-order valence-electron chi connectivity index (χ0n) is 14.8. The molecule has 0 aliphatic carbocycles. The van der Waals surface area contributed by atoms with Crippen LogP contribution in [0.2, 0.25) is 0 Å². The molecule has 1 unspecified atom stereocenters. The van der Waals surface area contributed by atoms with E-state index in [2.05, 4.69) is 10.1 Å². The average molecular weight is 394 g/mol. The number of ether oxygens (including phenoxy) is 2. The third-order valence-corrected chi connectivity index (χ3v) is 4.34. The van der Waals surface area contributed by atoms with Gasteiger partial charge in [-0.25, -0.2) is 9.18 Å². The fourth-order valence-electron chi connectivity index (χ4n) is 2.87. The van der Waals surface area contributed by atoms with E-state index in [1.165, 1.54) is 49.4 Å². The quantitative estimate of drug-likeness (QED) is 0.732. The second-order valence-corrected chi connectivity index (χ2v) is 6.19. The van der Waals surface area contributed by atoms with Crippen LogP contribution >= 0.6 is 0 Å². The maximum Gasteiger partial charge on any atom is 0.387 e. The van der Waals surface area contributed by atoms with Crippen molar-refractivity contribution in [3.05, 3.63) is 59.9 Å². The smallest absolute Gasteiger partial charge is 0.387 e. The minimum absolute atomic E-state index is 0.0203. The summed E-state index contributed by atoms with van der Waals surface area (Å²) in [6.45, 7) is -1.62. The molecule has 0 spiro atoms. The Morgan fingerprint density at radius 3 is 2.43 bits per heavy atom. The van der Waals surface area contributed by atoms with E-state index in [-0.39, 0.29) is 24.7 Å². The van der Waals surface area contributed by atoms with Gasteiger partial charge in [-0.3, -0.25) is 9.69 Å². The Labute approximate surface area is 158 Å². The third-order valence-electron chi connectivity index (χ3n) is 4.34. The molecule has 1 aliphatic heterocycles. The van der Waals surface area contributed by atoms with Crippen LogP contribution < -0.4 is 14.8 Å². The highest BCUT2D eigenvalue weighted by atomic mass is 19.3. The molecule has 0 radical (unpaired) electrons. The Bertz CT molecular complexity index is 876. The Hall–Kier alpha value is -3.23. The van der Waals surface area contributed by atoms with Gasteiger partial charge in [0.1, 0.15) is 17.9 Å². The van der Waals surface area contributed by atoms with Crippen molar-refractivity contribution in [3.8, 4) is 11.5 Å². The van der Waals surface area contributed by atoms with Crippen LogP contribution in [-0.2, 0) is 10.3 Å². The average Bonchev–Trinajstić information content (AvgIpc) is 2.87. The molecule has 1 fully saturated rings. The molecule has 1 heterocycles. The first-order chi connectivity index (χ1) is 13.3. The number of hydrogen-bond donors (Lipinski definition) is 1. The molecular formula is C19H17F3N2O4. The molecule has 3 rings (SSSR count). The fourth-order valence-corrected chi connectivity index (χ4v) is 2.87. The summed E-state index contributed by atoms with van der Waals surface area (Å²) in [5.74, 6) is -1.12. The number of nitrogens with one attached hydrogen (secondary N) is 1. The minimum atomic E-state index is -2.96. The Balaban J connectivity index is 1.67. The van der Waals surface area contributed by atoms with Crippen LogP contribution in [0.15, 0.2) is 48.5 Å². The molecule has 0 saturated carbocycles. The third kappa shape index (κ3) is 3.88. The van der Waals surface area contributed by atoms with Gasteiger partial charge in [0, 0.05) is 0 Å². The summed E-state index contributed by atoms with van der Waals surface area (Å²) in [4.78, 5) is 26.0. The Kier molecular flexibility index (Phi) is 5.43. The lowest BCUT2D eigenvalue weighted by atomic mass is 9.92. The van der Waals surface area contributed by atoms with E-state index < -0.39 is 29.9 Å². The number of benzene rings is 2. The first kappa shape index (κ1) is 19.5. The number of halogens is 3. The fraction of sp³-hybridized carbons (Fsp3) is 0.263. The minimum Gasteiger partial charge on any atom is -0.489 e. The number of nitrogens with zero attached hydrogens (tertiary/aromatic N) is 1. The molecular weight excluding hydrogens is 377 g/mol. The van der Waals surface area contributed by atoms with Gasteiger partial charge >= 0.3 is 12.6 Å². The van der Waals surface area contributed by atoms with Gasteiger partial charge in [0.25, 0.3) is 5.91 Å². The molecule has 9 heteroatoms. The molecule has 0 bridgehead atoms. The topological polar surface area (TPSA) is 67.9 Å². The predicted molar refractivity (Wildman–Crippen MR) is 92.6 cm³/mol. The van der Waals surface area contributed by atoms with Crippen LogP contribution in [0, 0.1) is 5.82 Å². The molecule has 1 atom stereocenters. The molecule has 1 aliphatic rings. The van der Waals surface area contributed by atoms with Crippen molar-refractivity contribution < 1.29 is 32.2 Å². The van der Waals surface area contributed by atoms with Crippen molar-refractivity contribution in [3.63, 3.8) is 0 Å². The van der Waals surface area contributed by atoms with Crippen molar-refractivity contribution in [2.45, 2.75) is 19.1 Å². The van der Waals surface area contributed by atoms with E-state index in [0.717, 1.165) is 4.90 Å². The van der Waals surface area contributed by atoms with E-state index in [9.17, 15) is 22.8 Å². The van der Waals surface area contributed by atoms with Crippen LogP contribution in [-0.4, -0.2) is 36.6 Å². The summed E-state index contributed by atoms with van der Waals surface area (Å²) in [5.41, 5.74) is -0.955. The largest absolute Gasteiger partial charge is 0.489 e. The summed E-state index contributed by atoms with van der Waals surface area (Å²) < 4.78 is 47.6. The van der Waals surface area contributed by atoms with Crippen molar-refractivity contribution in [2.24, 2.45) is 0 Å².